The molecule has 0 spiro atoms. The van der Waals surface area contributed by atoms with Crippen LogP contribution in [0.5, 0.6) is 0 Å². The molecule has 1 fully saturated rings. The monoisotopic (exact) mass is 261 g/mol. The van der Waals surface area contributed by atoms with Crippen LogP contribution in [0.2, 0.25) is 0 Å². The first-order valence-electron chi connectivity index (χ1n) is 6.19. The Hall–Kier alpha value is -2.38. The lowest BCUT2D eigenvalue weighted by Crippen LogP contribution is -2.31. The molecule has 8 heteroatoms. The lowest BCUT2D eigenvalue weighted by molar-refractivity contribution is 0.752. The van der Waals surface area contributed by atoms with Gasteiger partial charge in [0, 0.05) is 19.0 Å². The van der Waals surface area contributed by atoms with Crippen molar-refractivity contribution in [3.8, 4) is 0 Å². The van der Waals surface area contributed by atoms with Crippen molar-refractivity contribution in [2.24, 2.45) is 5.73 Å². The highest BCUT2D eigenvalue weighted by atomic mass is 16.2. The minimum absolute atomic E-state index is 0.159. The van der Waals surface area contributed by atoms with Gasteiger partial charge in [0.05, 0.1) is 5.84 Å². The largest absolute Gasteiger partial charge is 0.388 e. The summed E-state index contributed by atoms with van der Waals surface area (Å²) >= 11 is 0. The van der Waals surface area contributed by atoms with Gasteiger partial charge in [-0.05, 0) is 25.0 Å². The Kier molecular flexibility index (Phi) is 2.69. The topological polar surface area (TPSA) is 116 Å². The Morgan fingerprint density at radius 3 is 3.05 bits per heavy atom. The summed E-state index contributed by atoms with van der Waals surface area (Å²) in [6.45, 7) is 0.644. The molecule has 0 aromatic carbocycles. The summed E-state index contributed by atoms with van der Waals surface area (Å²) in [5, 5.41) is 17.8. The lowest BCUT2D eigenvalue weighted by Gasteiger charge is -2.22. The fourth-order valence-electron chi connectivity index (χ4n) is 2.06. The number of anilines is 1. The van der Waals surface area contributed by atoms with Gasteiger partial charge >= 0.3 is 5.69 Å². The average molecular weight is 261 g/mol. The summed E-state index contributed by atoms with van der Waals surface area (Å²) < 4.78 is 1.25. The number of nitrogens with one attached hydrogen (secondary N) is 2. The maximum atomic E-state index is 11.5. The molecule has 8 nitrogen and oxygen atoms in total. The van der Waals surface area contributed by atoms with Crippen molar-refractivity contribution in [2.45, 2.75) is 25.3 Å². The van der Waals surface area contributed by atoms with Crippen LogP contribution in [-0.4, -0.2) is 38.2 Å². The molecule has 0 aliphatic heterocycles. The Morgan fingerprint density at radius 2 is 2.37 bits per heavy atom. The van der Waals surface area contributed by atoms with Crippen molar-refractivity contribution in [1.82, 2.24) is 19.8 Å². The third-order valence-electron chi connectivity index (χ3n) is 3.16. The molecule has 2 aromatic rings. The van der Waals surface area contributed by atoms with Crippen molar-refractivity contribution < 1.29 is 0 Å². The molecule has 4 N–H and O–H groups in total. The Bertz CT molecular complexity index is 669. The first-order valence-corrected chi connectivity index (χ1v) is 6.19. The maximum absolute atomic E-state index is 11.5. The van der Waals surface area contributed by atoms with Crippen molar-refractivity contribution in [3.63, 3.8) is 0 Å². The van der Waals surface area contributed by atoms with Crippen LogP contribution in [0.25, 0.3) is 5.65 Å². The van der Waals surface area contributed by atoms with Gasteiger partial charge in [-0.1, -0.05) is 0 Å². The number of aromatic nitrogens is 4. The highest BCUT2D eigenvalue weighted by molar-refractivity contribution is 5.77. The second-order valence-corrected chi connectivity index (χ2v) is 4.69. The summed E-state index contributed by atoms with van der Waals surface area (Å²) in [5.74, 6) is 0.881. The molecule has 3 rings (SSSR count). The number of amidine groups is 1. The zero-order valence-electron chi connectivity index (χ0n) is 10.3. The summed E-state index contributed by atoms with van der Waals surface area (Å²) in [7, 11) is 0. The number of aromatic amines is 1. The van der Waals surface area contributed by atoms with E-state index in [0.29, 0.717) is 24.7 Å². The number of rotatable bonds is 5. The summed E-state index contributed by atoms with van der Waals surface area (Å²) in [5.41, 5.74) is 5.55. The highest BCUT2D eigenvalue weighted by Gasteiger charge is 2.30. The molecular formula is C11H15N7O. The quantitative estimate of drug-likeness (QED) is 0.505. The van der Waals surface area contributed by atoms with Crippen LogP contribution in [0.4, 0.5) is 5.82 Å². The molecule has 1 aliphatic rings. The lowest BCUT2D eigenvalue weighted by atomic mass is 10.3. The Labute approximate surface area is 108 Å². The molecular weight excluding hydrogens is 246 g/mol. The maximum Gasteiger partial charge on any atom is 0.364 e. The Morgan fingerprint density at radius 1 is 1.58 bits per heavy atom. The number of hydrogen-bond donors (Lipinski definition) is 3. The predicted octanol–water partition coefficient (Wildman–Crippen LogP) is -0.288. The van der Waals surface area contributed by atoms with Gasteiger partial charge in [-0.25, -0.2) is 9.89 Å². The molecule has 1 aliphatic carbocycles. The van der Waals surface area contributed by atoms with Gasteiger partial charge < -0.3 is 10.6 Å². The molecule has 0 radical (unpaired) electrons. The fraction of sp³-hybridized carbons (Fsp3) is 0.455. The van der Waals surface area contributed by atoms with Crippen LogP contribution in [0.15, 0.2) is 16.9 Å². The number of fused-ring (bicyclic) bond motifs is 1. The number of H-pyrrole nitrogens is 1. The standard InChI is InChI=1S/C11H15N7O/c12-8(13)5-6-17(7-1-2-7)10-4-3-9-14-15-11(19)18(9)16-10/h3-4,7H,1-2,5-6H2,(H3,12,13)(H,15,19). The average Bonchev–Trinajstić information content (AvgIpc) is 3.15. The molecule has 0 bridgehead atoms. The van der Waals surface area contributed by atoms with Crippen molar-refractivity contribution in [2.75, 3.05) is 11.4 Å². The molecule has 1 saturated carbocycles. The van der Waals surface area contributed by atoms with E-state index < -0.39 is 0 Å². The van der Waals surface area contributed by atoms with Crippen molar-refractivity contribution in [3.05, 3.63) is 22.6 Å². The van der Waals surface area contributed by atoms with Crippen molar-refractivity contribution >= 4 is 17.3 Å². The fourth-order valence-corrected chi connectivity index (χ4v) is 2.06. The van der Waals surface area contributed by atoms with Crippen LogP contribution >= 0.6 is 0 Å². The van der Waals surface area contributed by atoms with E-state index in [-0.39, 0.29) is 11.5 Å². The van der Waals surface area contributed by atoms with E-state index in [0.717, 1.165) is 18.7 Å². The molecule has 19 heavy (non-hydrogen) atoms. The second-order valence-electron chi connectivity index (χ2n) is 4.69. The van der Waals surface area contributed by atoms with Crippen molar-refractivity contribution in [1.29, 1.82) is 5.41 Å². The van der Waals surface area contributed by atoms with E-state index in [1.165, 1.54) is 4.52 Å². The van der Waals surface area contributed by atoms with Crippen LogP contribution in [0.3, 0.4) is 0 Å². The zero-order chi connectivity index (χ0) is 13.4. The van der Waals surface area contributed by atoms with E-state index >= 15 is 0 Å². The third-order valence-corrected chi connectivity index (χ3v) is 3.16. The van der Waals surface area contributed by atoms with Gasteiger partial charge in [-0.2, -0.15) is 9.61 Å². The van der Waals surface area contributed by atoms with Gasteiger partial charge in [0.1, 0.15) is 5.82 Å². The minimum atomic E-state index is -0.348. The van der Waals surface area contributed by atoms with E-state index in [2.05, 4.69) is 20.2 Å². The minimum Gasteiger partial charge on any atom is -0.388 e. The first-order chi connectivity index (χ1) is 9.15. The van der Waals surface area contributed by atoms with Gasteiger partial charge in [0.2, 0.25) is 0 Å². The van der Waals surface area contributed by atoms with E-state index in [1.54, 1.807) is 6.07 Å². The van der Waals surface area contributed by atoms with Crippen LogP contribution in [0, 0.1) is 5.41 Å². The molecule has 2 aromatic heterocycles. The van der Waals surface area contributed by atoms with Gasteiger partial charge in [-0.3, -0.25) is 5.41 Å². The zero-order valence-corrected chi connectivity index (χ0v) is 10.3. The van der Waals surface area contributed by atoms with E-state index in [1.807, 2.05) is 6.07 Å². The summed E-state index contributed by atoms with van der Waals surface area (Å²) in [4.78, 5) is 13.6. The molecule has 0 saturated heterocycles. The number of nitrogens with zero attached hydrogens (tertiary/aromatic N) is 4. The number of nitrogens with two attached hydrogens (primary N) is 1. The first kappa shape index (κ1) is 11.7. The van der Waals surface area contributed by atoms with Crippen LogP contribution in [0.1, 0.15) is 19.3 Å². The highest BCUT2D eigenvalue weighted by Crippen LogP contribution is 2.30. The predicted molar refractivity (Wildman–Crippen MR) is 70.5 cm³/mol. The van der Waals surface area contributed by atoms with Gasteiger partial charge in [0.25, 0.3) is 0 Å². The molecule has 100 valence electrons. The second kappa shape index (κ2) is 4.38. The SMILES string of the molecule is N=C(N)CCN(c1ccc2n[nH]c(=O)n2n1)C1CC1. The summed E-state index contributed by atoms with van der Waals surface area (Å²) in [6.07, 6.45) is 2.71. The normalized spacial score (nSPS) is 14.7. The van der Waals surface area contributed by atoms with E-state index in [9.17, 15) is 4.79 Å². The molecule has 0 atom stereocenters. The Balaban J connectivity index is 1.92. The number of hydrogen-bond acceptors (Lipinski definition) is 5. The molecule has 2 heterocycles. The van der Waals surface area contributed by atoms with Gasteiger partial charge in [0.15, 0.2) is 5.65 Å². The third kappa shape index (κ3) is 2.28. The van der Waals surface area contributed by atoms with Crippen LogP contribution in [-0.2, 0) is 0 Å². The smallest absolute Gasteiger partial charge is 0.364 e. The molecule has 0 amide bonds. The summed E-state index contributed by atoms with van der Waals surface area (Å²) in [6, 6.07) is 4.03. The molecule has 0 unspecified atom stereocenters. The van der Waals surface area contributed by atoms with E-state index in [4.69, 9.17) is 11.1 Å². The van der Waals surface area contributed by atoms with Gasteiger partial charge in [-0.15, -0.1) is 5.10 Å². The van der Waals surface area contributed by atoms with Crippen LogP contribution < -0.4 is 16.3 Å².